The molecule has 1 N–H and O–H groups in total. The summed E-state index contributed by atoms with van der Waals surface area (Å²) in [5, 5.41) is 14.5. The van der Waals surface area contributed by atoms with E-state index in [1.54, 1.807) is 35.2 Å². The number of hydrogen-bond donors (Lipinski definition) is 1. The van der Waals surface area contributed by atoms with Crippen molar-refractivity contribution in [2.24, 2.45) is 0 Å². The maximum Gasteiger partial charge on any atom is 0.293 e. The van der Waals surface area contributed by atoms with Crippen LogP contribution in [0.1, 0.15) is 30.1 Å². The zero-order valence-electron chi connectivity index (χ0n) is 17.8. The molecule has 166 valence electrons. The minimum absolute atomic E-state index is 0.0131. The molecule has 2 amide bonds. The molecule has 1 saturated heterocycles. The first-order chi connectivity index (χ1) is 15.4. The fourth-order valence-electron chi connectivity index (χ4n) is 3.75. The molecule has 0 radical (unpaired) electrons. The molecule has 10 nitrogen and oxygen atoms in total. The minimum Gasteiger partial charge on any atom is -0.441 e. The fraction of sp³-hybridized carbons (Fsp3) is 0.318. The lowest BCUT2D eigenvalue weighted by Gasteiger charge is -2.35. The van der Waals surface area contributed by atoms with Crippen LogP contribution in [0.5, 0.6) is 0 Å². The summed E-state index contributed by atoms with van der Waals surface area (Å²) in [4.78, 5) is 43.4. The van der Waals surface area contributed by atoms with E-state index in [0.29, 0.717) is 61.0 Å². The van der Waals surface area contributed by atoms with E-state index >= 15 is 0 Å². The first-order valence-corrected chi connectivity index (χ1v) is 10.4. The van der Waals surface area contributed by atoms with Crippen molar-refractivity contribution in [2.75, 3.05) is 36.4 Å². The van der Waals surface area contributed by atoms with Gasteiger partial charge in [0.1, 0.15) is 11.2 Å². The van der Waals surface area contributed by atoms with Crippen molar-refractivity contribution in [2.45, 2.75) is 20.3 Å². The largest absolute Gasteiger partial charge is 0.441 e. The van der Waals surface area contributed by atoms with Crippen LogP contribution in [0.3, 0.4) is 0 Å². The Balaban J connectivity index is 1.53. The van der Waals surface area contributed by atoms with Gasteiger partial charge in [-0.25, -0.2) is 4.98 Å². The normalized spacial score (nSPS) is 13.9. The van der Waals surface area contributed by atoms with Crippen molar-refractivity contribution in [3.05, 3.63) is 58.0 Å². The van der Waals surface area contributed by atoms with Gasteiger partial charge in [-0.15, -0.1) is 0 Å². The Bertz CT molecular complexity index is 1200. The van der Waals surface area contributed by atoms with Crippen LogP contribution in [0.4, 0.5) is 17.1 Å². The summed E-state index contributed by atoms with van der Waals surface area (Å²) in [5.74, 6) is 0.138. The highest BCUT2D eigenvalue weighted by atomic mass is 16.6. The van der Waals surface area contributed by atoms with Gasteiger partial charge in [0.2, 0.25) is 5.91 Å². The summed E-state index contributed by atoms with van der Waals surface area (Å²) in [7, 11) is 0. The van der Waals surface area contributed by atoms with Crippen molar-refractivity contribution in [1.29, 1.82) is 0 Å². The van der Waals surface area contributed by atoms with E-state index in [4.69, 9.17) is 4.42 Å². The monoisotopic (exact) mass is 437 g/mol. The quantitative estimate of drug-likeness (QED) is 0.480. The molecule has 0 unspecified atom stereocenters. The van der Waals surface area contributed by atoms with Crippen LogP contribution in [-0.2, 0) is 11.2 Å². The minimum atomic E-state index is -0.489. The van der Waals surface area contributed by atoms with Gasteiger partial charge in [0.05, 0.1) is 4.92 Å². The molecule has 1 fully saturated rings. The third-order valence-corrected chi connectivity index (χ3v) is 5.49. The molecule has 0 spiro atoms. The maximum atomic E-state index is 12.8. The Kier molecular flexibility index (Phi) is 5.76. The van der Waals surface area contributed by atoms with Crippen molar-refractivity contribution >= 4 is 40.0 Å². The molecule has 1 aromatic heterocycles. The van der Waals surface area contributed by atoms with E-state index in [0.717, 1.165) is 0 Å². The second-order valence-electron chi connectivity index (χ2n) is 7.55. The van der Waals surface area contributed by atoms with E-state index in [-0.39, 0.29) is 17.2 Å². The molecule has 2 heterocycles. The van der Waals surface area contributed by atoms with Gasteiger partial charge in [0, 0.05) is 56.8 Å². The van der Waals surface area contributed by atoms with Gasteiger partial charge >= 0.3 is 0 Å². The lowest BCUT2D eigenvalue weighted by atomic mass is 10.1. The topological polar surface area (TPSA) is 122 Å². The predicted molar refractivity (Wildman–Crippen MR) is 119 cm³/mol. The summed E-state index contributed by atoms with van der Waals surface area (Å²) in [6, 6.07) is 9.56. The fourth-order valence-corrected chi connectivity index (χ4v) is 3.75. The number of amides is 2. The van der Waals surface area contributed by atoms with Crippen LogP contribution in [0.25, 0.3) is 11.1 Å². The van der Waals surface area contributed by atoms with Gasteiger partial charge in [-0.3, -0.25) is 19.7 Å². The molecule has 1 aliphatic heterocycles. The molecule has 0 saturated carbocycles. The van der Waals surface area contributed by atoms with E-state index < -0.39 is 10.8 Å². The Morgan fingerprint density at radius 3 is 2.56 bits per heavy atom. The summed E-state index contributed by atoms with van der Waals surface area (Å²) in [6.07, 6.45) is 0.663. The van der Waals surface area contributed by atoms with Crippen molar-refractivity contribution in [3.63, 3.8) is 0 Å². The number of oxazole rings is 1. The number of nitro benzene ring substituents is 1. The first kappa shape index (κ1) is 21.3. The summed E-state index contributed by atoms with van der Waals surface area (Å²) < 4.78 is 5.57. The number of hydrogen-bond acceptors (Lipinski definition) is 7. The number of benzene rings is 2. The molecular weight excluding hydrogens is 414 g/mol. The van der Waals surface area contributed by atoms with Gasteiger partial charge < -0.3 is 19.5 Å². The SMILES string of the molecule is CCc1nc2cc(NC(=O)c3ccc(N4CCN(C(C)=O)CC4)c([N+](=O)[O-])c3)ccc2o1. The van der Waals surface area contributed by atoms with Crippen LogP contribution in [0.2, 0.25) is 0 Å². The molecule has 32 heavy (non-hydrogen) atoms. The number of fused-ring (bicyclic) bond motifs is 1. The van der Waals surface area contributed by atoms with Gasteiger partial charge in [0.25, 0.3) is 11.6 Å². The molecule has 1 aliphatic rings. The first-order valence-electron chi connectivity index (χ1n) is 10.4. The Labute approximate surface area is 184 Å². The number of nitrogens with one attached hydrogen (secondary N) is 1. The Hall–Kier alpha value is -3.95. The molecule has 0 atom stereocenters. The summed E-state index contributed by atoms with van der Waals surface area (Å²) in [5.41, 5.74) is 2.25. The number of anilines is 2. The van der Waals surface area contributed by atoms with Crippen LogP contribution >= 0.6 is 0 Å². The highest BCUT2D eigenvalue weighted by Crippen LogP contribution is 2.30. The van der Waals surface area contributed by atoms with E-state index in [9.17, 15) is 19.7 Å². The van der Waals surface area contributed by atoms with Gasteiger partial charge in [0.15, 0.2) is 11.5 Å². The van der Waals surface area contributed by atoms with Gasteiger partial charge in [-0.05, 0) is 30.3 Å². The molecule has 4 rings (SSSR count). The van der Waals surface area contributed by atoms with Crippen molar-refractivity contribution in [1.82, 2.24) is 9.88 Å². The number of nitro groups is 1. The summed E-state index contributed by atoms with van der Waals surface area (Å²) >= 11 is 0. The van der Waals surface area contributed by atoms with Crippen LogP contribution in [0, 0.1) is 10.1 Å². The molecule has 2 aromatic carbocycles. The second kappa shape index (κ2) is 8.66. The molecule has 3 aromatic rings. The zero-order chi connectivity index (χ0) is 22.8. The smallest absolute Gasteiger partial charge is 0.293 e. The number of rotatable bonds is 5. The Morgan fingerprint density at radius 1 is 1.16 bits per heavy atom. The van der Waals surface area contributed by atoms with E-state index in [1.807, 2.05) is 11.8 Å². The van der Waals surface area contributed by atoms with Crippen molar-refractivity contribution in [3.8, 4) is 0 Å². The molecule has 0 bridgehead atoms. The predicted octanol–water partition coefficient (Wildman–Crippen LogP) is 3.22. The standard InChI is InChI=1S/C22H23N5O5/c1-3-21-24-17-13-16(5-7-20(17)32-21)23-22(29)15-4-6-18(19(12-15)27(30)31)26-10-8-25(9-11-26)14(2)28/h4-7,12-13H,3,8-11H2,1-2H3,(H,23,29). The summed E-state index contributed by atoms with van der Waals surface area (Å²) in [6.45, 7) is 5.42. The number of carbonyl (C=O) groups excluding carboxylic acids is 2. The second-order valence-corrected chi connectivity index (χ2v) is 7.55. The number of piperazine rings is 1. The average molecular weight is 437 g/mol. The highest BCUT2D eigenvalue weighted by molar-refractivity contribution is 6.05. The third kappa shape index (κ3) is 4.25. The molecule has 0 aliphatic carbocycles. The maximum absolute atomic E-state index is 12.8. The van der Waals surface area contributed by atoms with Gasteiger partial charge in [-0.2, -0.15) is 0 Å². The highest BCUT2D eigenvalue weighted by Gasteiger charge is 2.26. The number of nitrogens with zero attached hydrogens (tertiary/aromatic N) is 4. The third-order valence-electron chi connectivity index (χ3n) is 5.49. The van der Waals surface area contributed by atoms with Crippen LogP contribution < -0.4 is 10.2 Å². The molecular formula is C22H23N5O5. The average Bonchev–Trinajstić information content (AvgIpc) is 3.21. The van der Waals surface area contributed by atoms with Crippen LogP contribution in [0.15, 0.2) is 40.8 Å². The zero-order valence-corrected chi connectivity index (χ0v) is 17.8. The lowest BCUT2D eigenvalue weighted by molar-refractivity contribution is -0.384. The number of aryl methyl sites for hydroxylation is 1. The van der Waals surface area contributed by atoms with E-state index in [2.05, 4.69) is 10.3 Å². The lowest BCUT2D eigenvalue weighted by Crippen LogP contribution is -2.48. The molecule has 10 heteroatoms. The Morgan fingerprint density at radius 2 is 1.91 bits per heavy atom. The number of aromatic nitrogens is 1. The number of carbonyl (C=O) groups is 2. The van der Waals surface area contributed by atoms with Gasteiger partial charge in [-0.1, -0.05) is 6.92 Å². The van der Waals surface area contributed by atoms with Crippen molar-refractivity contribution < 1.29 is 18.9 Å². The van der Waals surface area contributed by atoms with E-state index in [1.165, 1.54) is 13.0 Å². The van der Waals surface area contributed by atoms with Crippen LogP contribution in [-0.4, -0.2) is 52.8 Å².